The van der Waals surface area contributed by atoms with Gasteiger partial charge in [-0.25, -0.2) is 8.42 Å². The summed E-state index contributed by atoms with van der Waals surface area (Å²) in [6, 6.07) is 17.9. The molecule has 0 saturated carbocycles. The van der Waals surface area contributed by atoms with Crippen LogP contribution in [0, 0.1) is 13.8 Å². The second kappa shape index (κ2) is 8.02. The summed E-state index contributed by atoms with van der Waals surface area (Å²) >= 11 is 0. The van der Waals surface area contributed by atoms with Crippen molar-refractivity contribution in [3.8, 4) is 0 Å². The molecule has 0 saturated heterocycles. The number of hydrogen-bond donors (Lipinski definition) is 0. The zero-order valence-electron chi connectivity index (χ0n) is 16.2. The Morgan fingerprint density at radius 2 is 1.68 bits per heavy atom. The quantitative estimate of drug-likeness (QED) is 0.585. The summed E-state index contributed by atoms with van der Waals surface area (Å²) < 4.78 is 33.2. The lowest BCUT2D eigenvalue weighted by atomic mass is 10.1. The highest BCUT2D eigenvalue weighted by molar-refractivity contribution is 7.92. The molecule has 3 aromatic carbocycles. The van der Waals surface area contributed by atoms with Crippen LogP contribution in [-0.4, -0.2) is 27.5 Å². The van der Waals surface area contributed by atoms with Gasteiger partial charge in [-0.05, 0) is 60.9 Å². The van der Waals surface area contributed by atoms with E-state index >= 15 is 0 Å². The van der Waals surface area contributed by atoms with Gasteiger partial charge in [0.15, 0.2) is 0 Å². The summed E-state index contributed by atoms with van der Waals surface area (Å²) in [5.41, 5.74) is 2.22. The van der Waals surface area contributed by atoms with Gasteiger partial charge in [0.2, 0.25) is 0 Å². The Hall–Kier alpha value is -2.86. The van der Waals surface area contributed by atoms with E-state index in [1.807, 2.05) is 44.2 Å². The molecule has 0 bridgehead atoms. The van der Waals surface area contributed by atoms with Crippen LogP contribution in [0.2, 0.25) is 0 Å². The first kappa shape index (κ1) is 19.9. The average molecular weight is 397 g/mol. The first-order valence-electron chi connectivity index (χ1n) is 9.08. The second-order valence-corrected chi connectivity index (χ2v) is 8.41. The Bertz CT molecular complexity index is 1120. The molecular weight excluding hydrogens is 374 g/mol. The summed E-state index contributed by atoms with van der Waals surface area (Å²) in [5, 5.41) is 1.77. The van der Waals surface area contributed by atoms with E-state index < -0.39 is 16.0 Å². The number of rotatable bonds is 6. The van der Waals surface area contributed by atoms with E-state index in [1.165, 1.54) is 0 Å². The predicted octanol–water partition coefficient (Wildman–Crippen LogP) is 4.22. The van der Waals surface area contributed by atoms with Gasteiger partial charge in [-0.3, -0.25) is 9.10 Å². The number of fused-ring (bicyclic) bond motifs is 1. The van der Waals surface area contributed by atoms with Gasteiger partial charge in [-0.1, -0.05) is 42.5 Å². The summed E-state index contributed by atoms with van der Waals surface area (Å²) in [6.45, 7) is 5.25. The Labute approximate surface area is 165 Å². The minimum absolute atomic E-state index is 0.136. The first-order chi connectivity index (χ1) is 13.3. The van der Waals surface area contributed by atoms with Crippen molar-refractivity contribution >= 4 is 32.5 Å². The SMILES string of the molecule is CCOC(=O)CN(c1cccc(C)c1C)S(=O)(=O)c1ccc2ccccc2c1. The molecule has 0 aliphatic carbocycles. The maximum absolute atomic E-state index is 13.5. The molecule has 0 amide bonds. The number of hydrogen-bond acceptors (Lipinski definition) is 4. The molecule has 3 rings (SSSR count). The van der Waals surface area contributed by atoms with E-state index in [9.17, 15) is 13.2 Å². The van der Waals surface area contributed by atoms with E-state index in [2.05, 4.69) is 0 Å². The lowest BCUT2D eigenvalue weighted by Gasteiger charge is -2.26. The maximum atomic E-state index is 13.5. The molecule has 0 unspecified atom stereocenters. The molecule has 0 radical (unpaired) electrons. The molecule has 0 N–H and O–H groups in total. The van der Waals surface area contributed by atoms with Crippen LogP contribution >= 0.6 is 0 Å². The van der Waals surface area contributed by atoms with E-state index in [0.29, 0.717) is 5.69 Å². The van der Waals surface area contributed by atoms with Crippen LogP contribution < -0.4 is 4.31 Å². The number of anilines is 1. The summed E-state index contributed by atoms with van der Waals surface area (Å²) in [6.07, 6.45) is 0. The zero-order valence-corrected chi connectivity index (χ0v) is 17.0. The number of carbonyl (C=O) groups is 1. The van der Waals surface area contributed by atoms with Gasteiger partial charge >= 0.3 is 5.97 Å². The van der Waals surface area contributed by atoms with Crippen molar-refractivity contribution in [2.24, 2.45) is 0 Å². The van der Waals surface area contributed by atoms with Crippen LogP contribution in [0.4, 0.5) is 5.69 Å². The van der Waals surface area contributed by atoms with Crippen molar-refractivity contribution in [2.75, 3.05) is 17.5 Å². The van der Waals surface area contributed by atoms with Crippen molar-refractivity contribution in [3.63, 3.8) is 0 Å². The Morgan fingerprint density at radius 1 is 0.964 bits per heavy atom. The van der Waals surface area contributed by atoms with Gasteiger partial charge < -0.3 is 4.74 Å². The Kier molecular flexibility index (Phi) is 5.70. The fourth-order valence-electron chi connectivity index (χ4n) is 3.08. The molecule has 6 heteroatoms. The molecule has 146 valence electrons. The number of carbonyl (C=O) groups excluding carboxylic acids is 1. The third kappa shape index (κ3) is 3.87. The molecule has 0 heterocycles. The largest absolute Gasteiger partial charge is 0.465 e. The van der Waals surface area contributed by atoms with Gasteiger partial charge in [-0.15, -0.1) is 0 Å². The summed E-state index contributed by atoms with van der Waals surface area (Å²) in [5.74, 6) is -0.590. The van der Waals surface area contributed by atoms with E-state index in [1.54, 1.807) is 37.3 Å². The third-order valence-corrected chi connectivity index (χ3v) is 6.49. The summed E-state index contributed by atoms with van der Waals surface area (Å²) in [4.78, 5) is 12.3. The monoisotopic (exact) mass is 397 g/mol. The van der Waals surface area contributed by atoms with Crippen LogP contribution in [0.5, 0.6) is 0 Å². The molecule has 5 nitrogen and oxygen atoms in total. The molecular formula is C22H23NO4S. The number of benzene rings is 3. The smallest absolute Gasteiger partial charge is 0.326 e. The van der Waals surface area contributed by atoms with Gasteiger partial charge in [-0.2, -0.15) is 0 Å². The van der Waals surface area contributed by atoms with Gasteiger partial charge in [0.05, 0.1) is 17.2 Å². The molecule has 0 aromatic heterocycles. The Morgan fingerprint density at radius 3 is 2.39 bits per heavy atom. The number of ether oxygens (including phenoxy) is 1. The van der Waals surface area contributed by atoms with Crippen molar-refractivity contribution in [1.82, 2.24) is 0 Å². The minimum atomic E-state index is -3.97. The van der Waals surface area contributed by atoms with E-state index in [4.69, 9.17) is 4.74 Å². The van der Waals surface area contributed by atoms with Crippen molar-refractivity contribution in [1.29, 1.82) is 0 Å². The van der Waals surface area contributed by atoms with Crippen LogP contribution in [-0.2, 0) is 19.6 Å². The highest BCUT2D eigenvalue weighted by Crippen LogP contribution is 2.30. The van der Waals surface area contributed by atoms with Gasteiger partial charge in [0, 0.05) is 0 Å². The van der Waals surface area contributed by atoms with Crippen LogP contribution in [0.3, 0.4) is 0 Å². The van der Waals surface area contributed by atoms with Crippen LogP contribution in [0.15, 0.2) is 65.6 Å². The lowest BCUT2D eigenvalue weighted by Crippen LogP contribution is -2.37. The van der Waals surface area contributed by atoms with E-state index in [0.717, 1.165) is 26.2 Å². The highest BCUT2D eigenvalue weighted by Gasteiger charge is 2.29. The lowest BCUT2D eigenvalue weighted by molar-refractivity contribution is -0.141. The van der Waals surface area contributed by atoms with Crippen LogP contribution in [0.1, 0.15) is 18.1 Å². The fraction of sp³-hybridized carbons (Fsp3) is 0.227. The normalized spacial score (nSPS) is 11.4. The van der Waals surface area contributed by atoms with Crippen molar-refractivity contribution in [2.45, 2.75) is 25.7 Å². The fourth-order valence-corrected chi connectivity index (χ4v) is 4.59. The molecule has 0 spiro atoms. The third-order valence-electron chi connectivity index (χ3n) is 4.73. The Balaban J connectivity index is 2.13. The summed E-state index contributed by atoms with van der Waals surface area (Å²) in [7, 11) is -3.97. The maximum Gasteiger partial charge on any atom is 0.326 e. The molecule has 0 aliphatic rings. The highest BCUT2D eigenvalue weighted by atomic mass is 32.2. The average Bonchev–Trinajstić information content (AvgIpc) is 2.68. The standard InChI is InChI=1S/C22H23NO4S/c1-4-27-22(24)15-23(21-11-7-8-16(2)17(21)3)28(25,26)20-13-12-18-9-5-6-10-19(18)14-20/h5-14H,4,15H2,1-3H3. The molecule has 28 heavy (non-hydrogen) atoms. The van der Waals surface area contributed by atoms with Crippen molar-refractivity contribution < 1.29 is 17.9 Å². The molecule has 0 aliphatic heterocycles. The zero-order chi connectivity index (χ0) is 20.3. The number of aryl methyl sites for hydroxylation is 1. The van der Waals surface area contributed by atoms with E-state index in [-0.39, 0.29) is 18.0 Å². The number of nitrogens with zero attached hydrogens (tertiary/aromatic N) is 1. The minimum Gasteiger partial charge on any atom is -0.465 e. The van der Waals surface area contributed by atoms with Gasteiger partial charge in [0.1, 0.15) is 6.54 Å². The van der Waals surface area contributed by atoms with Gasteiger partial charge in [0.25, 0.3) is 10.0 Å². The molecule has 0 atom stereocenters. The number of esters is 1. The predicted molar refractivity (Wildman–Crippen MR) is 111 cm³/mol. The second-order valence-electron chi connectivity index (χ2n) is 6.54. The van der Waals surface area contributed by atoms with Crippen molar-refractivity contribution in [3.05, 3.63) is 71.8 Å². The topological polar surface area (TPSA) is 63.7 Å². The molecule has 0 fully saturated rings. The first-order valence-corrected chi connectivity index (χ1v) is 10.5. The van der Waals surface area contributed by atoms with Crippen LogP contribution in [0.25, 0.3) is 10.8 Å². The molecule has 3 aromatic rings. The number of sulfonamides is 1.